The highest BCUT2D eigenvalue weighted by atomic mass is 32.1. The number of thiophene rings is 1. The van der Waals surface area contributed by atoms with E-state index < -0.39 is 6.23 Å². The van der Waals surface area contributed by atoms with E-state index in [4.69, 9.17) is 4.98 Å². The average Bonchev–Trinajstić information content (AvgIpc) is 3.60. The van der Waals surface area contributed by atoms with Gasteiger partial charge in [0.05, 0.1) is 39.7 Å². The van der Waals surface area contributed by atoms with Crippen LogP contribution in [0.3, 0.4) is 0 Å². The van der Waals surface area contributed by atoms with E-state index in [1.54, 1.807) is 36.1 Å². The van der Waals surface area contributed by atoms with Crippen molar-refractivity contribution in [1.82, 2.24) is 35.1 Å². The van der Waals surface area contributed by atoms with Gasteiger partial charge in [-0.1, -0.05) is 20.8 Å². The number of aliphatic hydroxyl groups excluding tert-OH is 1. The average molecular weight is 525 g/mol. The number of aliphatic hydroxyl groups is 1. The summed E-state index contributed by atoms with van der Waals surface area (Å²) in [5.74, 6) is 0.657. The van der Waals surface area contributed by atoms with Crippen molar-refractivity contribution in [2.75, 3.05) is 5.32 Å². The molecule has 0 aromatic carbocycles. The fourth-order valence-corrected chi connectivity index (χ4v) is 5.39. The predicted octanol–water partition coefficient (Wildman–Crippen LogP) is 6.16. The van der Waals surface area contributed by atoms with Crippen LogP contribution in [0.1, 0.15) is 32.1 Å². The van der Waals surface area contributed by atoms with Crippen LogP contribution in [0.25, 0.3) is 55.3 Å². The van der Waals surface area contributed by atoms with Gasteiger partial charge in [0.15, 0.2) is 5.82 Å². The molecule has 6 heterocycles. The van der Waals surface area contributed by atoms with Gasteiger partial charge in [-0.15, -0.1) is 11.3 Å². The molecule has 0 saturated carbocycles. The molecule has 9 nitrogen and oxygen atoms in total. The first kappa shape index (κ1) is 24.2. The molecule has 6 aromatic heterocycles. The van der Waals surface area contributed by atoms with Crippen molar-refractivity contribution < 1.29 is 5.11 Å². The van der Waals surface area contributed by atoms with Gasteiger partial charge >= 0.3 is 0 Å². The molecule has 6 aromatic rings. The van der Waals surface area contributed by atoms with Crippen molar-refractivity contribution in [2.45, 2.75) is 40.3 Å². The third-order valence-corrected chi connectivity index (χ3v) is 7.23. The number of nitrogens with one attached hydrogen (secondary N) is 3. The van der Waals surface area contributed by atoms with Crippen LogP contribution in [-0.2, 0) is 0 Å². The zero-order chi connectivity index (χ0) is 26.4. The first-order valence-corrected chi connectivity index (χ1v) is 13.2. The lowest BCUT2D eigenvalue weighted by Crippen LogP contribution is -2.25. The summed E-state index contributed by atoms with van der Waals surface area (Å²) in [6.45, 7) is 8.37. The van der Waals surface area contributed by atoms with Gasteiger partial charge in [-0.05, 0) is 49.1 Å². The fourth-order valence-electron chi connectivity index (χ4n) is 4.53. The van der Waals surface area contributed by atoms with Crippen LogP contribution in [0, 0.1) is 12.3 Å². The molecule has 6 rings (SSSR count). The van der Waals surface area contributed by atoms with Crippen molar-refractivity contribution in [3.8, 4) is 33.3 Å². The van der Waals surface area contributed by atoms with E-state index >= 15 is 0 Å². The van der Waals surface area contributed by atoms with Gasteiger partial charge in [0.25, 0.3) is 0 Å². The Kier molecular flexibility index (Phi) is 5.93. The number of nitrogens with zero attached hydrogens (tertiary/aromatic N) is 5. The standard InChI is InChI=1S/C28H28N8OS/c1-15-5-6-22(38-15)26-25-19(7-8-30-26)33-27(34-25)24-18-10-20(31-14-21(18)35-36-24)16-9-17(13-29-12-16)32-23(37)11-28(2,3)4/h5-10,12-14,23,32,37H,11H2,1-4H3,(H,33,34)(H,35,36). The quantitative estimate of drug-likeness (QED) is 0.192. The van der Waals surface area contributed by atoms with Crippen molar-refractivity contribution >= 4 is 39.0 Å². The van der Waals surface area contributed by atoms with Crippen LogP contribution in [0.4, 0.5) is 5.69 Å². The molecule has 0 aliphatic carbocycles. The number of aryl methyl sites for hydroxylation is 1. The lowest BCUT2D eigenvalue weighted by molar-refractivity contribution is 0.145. The van der Waals surface area contributed by atoms with Crippen LogP contribution in [-0.4, -0.2) is 46.5 Å². The Labute approximate surface area is 223 Å². The highest BCUT2D eigenvalue weighted by Gasteiger charge is 2.19. The van der Waals surface area contributed by atoms with Gasteiger partial charge < -0.3 is 15.4 Å². The normalized spacial score (nSPS) is 12.9. The van der Waals surface area contributed by atoms with E-state index in [-0.39, 0.29) is 5.41 Å². The van der Waals surface area contributed by atoms with Crippen LogP contribution >= 0.6 is 11.3 Å². The molecule has 0 amide bonds. The summed E-state index contributed by atoms with van der Waals surface area (Å²) >= 11 is 1.70. The molecule has 4 N–H and O–H groups in total. The van der Waals surface area contributed by atoms with E-state index in [1.165, 1.54) is 4.88 Å². The smallest absolute Gasteiger partial charge is 0.159 e. The zero-order valence-corrected chi connectivity index (χ0v) is 22.4. The molecule has 0 radical (unpaired) electrons. The van der Waals surface area contributed by atoms with Crippen molar-refractivity contribution in [3.05, 3.63) is 60.0 Å². The molecule has 0 aliphatic heterocycles. The molecule has 192 valence electrons. The van der Waals surface area contributed by atoms with E-state index in [0.717, 1.165) is 49.5 Å². The predicted molar refractivity (Wildman–Crippen MR) is 152 cm³/mol. The SMILES string of the molecule is Cc1ccc(-c2nccc3[nH]c(-c4n[nH]c5cnc(-c6cncc(NC(O)CC(C)(C)C)c6)cc45)nc23)s1. The first-order chi connectivity index (χ1) is 18.2. The largest absolute Gasteiger partial charge is 0.374 e. The number of aromatic amines is 2. The summed E-state index contributed by atoms with van der Waals surface area (Å²) in [5.41, 5.74) is 6.38. The lowest BCUT2D eigenvalue weighted by atomic mass is 9.91. The molecule has 0 aliphatic rings. The van der Waals surface area contributed by atoms with Crippen LogP contribution < -0.4 is 5.32 Å². The maximum Gasteiger partial charge on any atom is 0.159 e. The maximum absolute atomic E-state index is 10.4. The van der Waals surface area contributed by atoms with Crippen molar-refractivity contribution in [3.63, 3.8) is 0 Å². The molecule has 0 fully saturated rings. The minimum atomic E-state index is -0.673. The molecule has 1 unspecified atom stereocenters. The first-order valence-electron chi connectivity index (χ1n) is 12.4. The number of hydrogen-bond donors (Lipinski definition) is 4. The lowest BCUT2D eigenvalue weighted by Gasteiger charge is -2.23. The fraction of sp³-hybridized carbons (Fsp3) is 0.250. The minimum Gasteiger partial charge on any atom is -0.374 e. The zero-order valence-electron chi connectivity index (χ0n) is 21.6. The topological polar surface area (TPSA) is 128 Å². The van der Waals surface area contributed by atoms with Gasteiger partial charge in [0.1, 0.15) is 23.1 Å². The number of pyridine rings is 3. The molecule has 1 atom stereocenters. The highest BCUT2D eigenvalue weighted by Crippen LogP contribution is 2.34. The van der Waals surface area contributed by atoms with Gasteiger partial charge in [-0.2, -0.15) is 5.10 Å². The second-order valence-corrected chi connectivity index (χ2v) is 11.9. The second-order valence-electron chi connectivity index (χ2n) is 10.6. The summed E-state index contributed by atoms with van der Waals surface area (Å²) in [6.07, 6.45) is 6.96. The number of rotatable bonds is 6. The monoisotopic (exact) mass is 524 g/mol. The van der Waals surface area contributed by atoms with Gasteiger partial charge in [0, 0.05) is 28.2 Å². The van der Waals surface area contributed by atoms with Crippen LogP contribution in [0.2, 0.25) is 0 Å². The number of imidazole rings is 1. The Balaban J connectivity index is 1.36. The summed E-state index contributed by atoms with van der Waals surface area (Å²) in [6, 6.07) is 10.0. The second kappa shape index (κ2) is 9.30. The third kappa shape index (κ3) is 4.75. The summed E-state index contributed by atoms with van der Waals surface area (Å²) < 4.78 is 0. The van der Waals surface area contributed by atoms with Gasteiger partial charge in [-0.25, -0.2) is 4.98 Å². The highest BCUT2D eigenvalue weighted by molar-refractivity contribution is 7.15. The number of anilines is 1. The van der Waals surface area contributed by atoms with Crippen molar-refractivity contribution in [2.24, 2.45) is 5.41 Å². The van der Waals surface area contributed by atoms with Gasteiger partial charge in [0.2, 0.25) is 0 Å². The third-order valence-electron chi connectivity index (χ3n) is 6.22. The Hall–Kier alpha value is -4.15. The van der Waals surface area contributed by atoms with Crippen molar-refractivity contribution in [1.29, 1.82) is 0 Å². The number of hydrogen-bond acceptors (Lipinski definition) is 8. The number of H-pyrrole nitrogens is 2. The maximum atomic E-state index is 10.4. The van der Waals surface area contributed by atoms with Crippen LogP contribution in [0.15, 0.2) is 55.1 Å². The molecular weight excluding hydrogens is 496 g/mol. The molecule has 0 spiro atoms. The van der Waals surface area contributed by atoms with E-state index in [9.17, 15) is 5.11 Å². The molecule has 38 heavy (non-hydrogen) atoms. The summed E-state index contributed by atoms with van der Waals surface area (Å²) in [4.78, 5) is 24.2. The molecule has 0 bridgehead atoms. The number of aromatic nitrogens is 7. The molecule has 10 heteroatoms. The van der Waals surface area contributed by atoms with E-state index in [1.807, 2.05) is 18.2 Å². The molecule has 0 saturated heterocycles. The van der Waals surface area contributed by atoms with E-state index in [0.29, 0.717) is 17.9 Å². The Morgan fingerprint density at radius 2 is 1.89 bits per heavy atom. The van der Waals surface area contributed by atoms with Gasteiger partial charge in [-0.3, -0.25) is 20.1 Å². The summed E-state index contributed by atoms with van der Waals surface area (Å²) in [5, 5.41) is 22.1. The number of fused-ring (bicyclic) bond motifs is 2. The van der Waals surface area contributed by atoms with Crippen LogP contribution in [0.5, 0.6) is 0 Å². The minimum absolute atomic E-state index is 0.00206. The Bertz CT molecular complexity index is 1760. The summed E-state index contributed by atoms with van der Waals surface area (Å²) in [7, 11) is 0. The Morgan fingerprint density at radius 3 is 2.68 bits per heavy atom. The Morgan fingerprint density at radius 1 is 1.03 bits per heavy atom. The van der Waals surface area contributed by atoms with E-state index in [2.05, 4.69) is 75.3 Å². The molecular formula is C28H28N8OS.